The van der Waals surface area contributed by atoms with Gasteiger partial charge in [0.1, 0.15) is 6.04 Å². The Bertz CT molecular complexity index is 1270. The third-order valence-electron chi connectivity index (χ3n) is 5.72. The topological polar surface area (TPSA) is 25.2 Å². The molecule has 0 N–H and O–H groups in total. The minimum atomic E-state index is -0.181. The molecule has 0 radical (unpaired) electrons. The van der Waals surface area contributed by atoms with Gasteiger partial charge in [-0.05, 0) is 45.5 Å². The number of rotatable bonds is 6. The Labute approximate surface area is 226 Å². The molecule has 0 aliphatic carbocycles. The quantitative estimate of drug-likeness (QED) is 0.128. The first-order valence-electron chi connectivity index (χ1n) is 11.1. The Morgan fingerprint density at radius 3 is 1.44 bits per heavy atom. The fraction of sp³-hybridized carbons (Fsp3) is 0.0303. The molecule has 0 saturated heterocycles. The number of pyridine rings is 1. The van der Waals surface area contributed by atoms with Crippen molar-refractivity contribution in [2.75, 3.05) is 0 Å². The molecule has 1 heterocycles. The molecule has 0 amide bonds. The van der Waals surface area contributed by atoms with Crippen molar-refractivity contribution < 1.29 is 17.1 Å². The van der Waals surface area contributed by atoms with Gasteiger partial charge in [-0.15, -0.1) is 0 Å². The minimum Gasteiger partial charge on any atom is -0.358 e. The van der Waals surface area contributed by atoms with Crippen LogP contribution in [0.15, 0.2) is 139 Å². The third-order valence-corrected chi connectivity index (χ3v) is 5.72. The molecule has 0 spiro atoms. The summed E-state index contributed by atoms with van der Waals surface area (Å²) in [5.41, 5.74) is 7.91. The van der Waals surface area contributed by atoms with Crippen molar-refractivity contribution >= 4 is 6.21 Å². The van der Waals surface area contributed by atoms with E-state index in [1.807, 2.05) is 36.5 Å². The van der Waals surface area contributed by atoms with E-state index < -0.39 is 0 Å². The van der Waals surface area contributed by atoms with E-state index in [0.717, 1.165) is 5.69 Å². The molecule has 5 aromatic rings. The van der Waals surface area contributed by atoms with E-state index >= 15 is 0 Å². The molecular formula is C33H30FeN2. The van der Waals surface area contributed by atoms with E-state index in [4.69, 9.17) is 4.99 Å². The van der Waals surface area contributed by atoms with E-state index in [-0.39, 0.29) is 38.0 Å². The Morgan fingerprint density at radius 2 is 0.972 bits per heavy atom. The summed E-state index contributed by atoms with van der Waals surface area (Å²) in [4.78, 5) is 9.57. The van der Waals surface area contributed by atoms with Crippen LogP contribution in [0.25, 0.3) is 22.3 Å². The predicted octanol–water partition coefficient (Wildman–Crippen LogP) is 8.52. The maximum Gasteiger partial charge on any atom is 2.00 e. The van der Waals surface area contributed by atoms with E-state index in [1.54, 1.807) is 6.20 Å². The van der Waals surface area contributed by atoms with Crippen LogP contribution < -0.4 is 0 Å². The van der Waals surface area contributed by atoms with E-state index in [2.05, 4.69) is 102 Å². The van der Waals surface area contributed by atoms with Gasteiger partial charge in [0, 0.05) is 12.4 Å². The van der Waals surface area contributed by atoms with Crippen LogP contribution in [0.1, 0.15) is 22.9 Å². The van der Waals surface area contributed by atoms with Crippen LogP contribution >= 0.6 is 0 Å². The van der Waals surface area contributed by atoms with Gasteiger partial charge in [0.15, 0.2) is 0 Å². The number of aliphatic imine (C=N–C) groups is 1. The average molecular weight is 510 g/mol. The molecule has 2 nitrogen and oxygen atoms in total. The molecule has 0 aliphatic rings. The summed E-state index contributed by atoms with van der Waals surface area (Å²) in [5, 5.41) is 0. The maximum atomic E-state index is 5.12. The van der Waals surface area contributed by atoms with Crippen LogP contribution in [-0.2, 0) is 17.1 Å². The first-order valence-corrected chi connectivity index (χ1v) is 11.1. The monoisotopic (exact) mass is 510 g/mol. The summed E-state index contributed by atoms with van der Waals surface area (Å²) in [6.07, 6.45) is 3.68. The number of benzene rings is 4. The molecule has 4 aromatic carbocycles. The van der Waals surface area contributed by atoms with Gasteiger partial charge in [-0.1, -0.05) is 115 Å². The smallest absolute Gasteiger partial charge is 0.358 e. The molecule has 180 valence electrons. The SMILES string of the molecule is C(=NC(c1ccccc1-c1ccccc1)c1ccccc1-c1ccccc1)c1ccccn1.[CH3-].[CH3-].[Fe+2]. The Morgan fingerprint density at radius 1 is 0.528 bits per heavy atom. The number of hydrogen-bond acceptors (Lipinski definition) is 2. The zero-order valence-electron chi connectivity index (χ0n) is 20.6. The van der Waals surface area contributed by atoms with Gasteiger partial charge < -0.3 is 14.9 Å². The molecule has 0 bridgehead atoms. The summed E-state index contributed by atoms with van der Waals surface area (Å²) < 4.78 is 0. The average Bonchev–Trinajstić information content (AvgIpc) is 2.91. The third kappa shape index (κ3) is 6.46. The van der Waals surface area contributed by atoms with Crippen molar-refractivity contribution in [1.29, 1.82) is 0 Å². The van der Waals surface area contributed by atoms with Crippen molar-refractivity contribution in [3.8, 4) is 22.3 Å². The molecule has 0 atom stereocenters. The molecule has 36 heavy (non-hydrogen) atoms. The molecule has 3 heteroatoms. The molecule has 1 aromatic heterocycles. The normalized spacial score (nSPS) is 10.2. The van der Waals surface area contributed by atoms with Gasteiger partial charge in [-0.2, -0.15) is 0 Å². The van der Waals surface area contributed by atoms with Crippen LogP contribution in [0.2, 0.25) is 0 Å². The zero-order chi connectivity index (χ0) is 22.3. The first-order chi connectivity index (χ1) is 16.4. The number of aromatic nitrogens is 1. The van der Waals surface area contributed by atoms with Gasteiger partial charge in [-0.25, -0.2) is 0 Å². The fourth-order valence-corrected chi connectivity index (χ4v) is 4.16. The van der Waals surface area contributed by atoms with Crippen LogP contribution in [0, 0.1) is 14.9 Å². The van der Waals surface area contributed by atoms with Crippen LogP contribution in [0.4, 0.5) is 0 Å². The van der Waals surface area contributed by atoms with Gasteiger partial charge in [0.2, 0.25) is 0 Å². The summed E-state index contributed by atoms with van der Waals surface area (Å²) in [7, 11) is 0. The maximum absolute atomic E-state index is 5.12. The van der Waals surface area contributed by atoms with Crippen LogP contribution in [0.3, 0.4) is 0 Å². The van der Waals surface area contributed by atoms with E-state index in [0.29, 0.717) is 0 Å². The Kier molecular flexibility index (Phi) is 11.0. The van der Waals surface area contributed by atoms with Gasteiger partial charge >= 0.3 is 17.1 Å². The van der Waals surface area contributed by atoms with Gasteiger partial charge in [-0.3, -0.25) is 9.98 Å². The van der Waals surface area contributed by atoms with Crippen molar-refractivity contribution in [3.05, 3.63) is 165 Å². The molecule has 0 fully saturated rings. The van der Waals surface area contributed by atoms with E-state index in [9.17, 15) is 0 Å². The second kappa shape index (κ2) is 13.9. The van der Waals surface area contributed by atoms with Crippen LogP contribution in [-0.4, -0.2) is 11.2 Å². The summed E-state index contributed by atoms with van der Waals surface area (Å²) >= 11 is 0. The van der Waals surface area contributed by atoms with Crippen molar-refractivity contribution in [1.82, 2.24) is 4.98 Å². The second-order valence-electron chi connectivity index (χ2n) is 7.84. The summed E-state index contributed by atoms with van der Waals surface area (Å²) in [5.74, 6) is 0. The fourth-order valence-electron chi connectivity index (χ4n) is 4.16. The summed E-state index contributed by atoms with van der Waals surface area (Å²) in [6, 6.07) is 43.8. The van der Waals surface area contributed by atoms with Crippen molar-refractivity contribution in [3.63, 3.8) is 0 Å². The molecular weight excluding hydrogens is 480 g/mol. The first kappa shape index (κ1) is 28.5. The van der Waals surface area contributed by atoms with E-state index in [1.165, 1.54) is 33.4 Å². The molecule has 0 aliphatic heterocycles. The van der Waals surface area contributed by atoms with Crippen LogP contribution in [0.5, 0.6) is 0 Å². The number of hydrogen-bond donors (Lipinski definition) is 0. The van der Waals surface area contributed by atoms with Gasteiger partial charge in [0.05, 0.1) is 5.69 Å². The molecule has 0 unspecified atom stereocenters. The Balaban J connectivity index is 0.00000152. The molecule has 0 saturated carbocycles. The largest absolute Gasteiger partial charge is 2.00 e. The standard InChI is InChI=1S/C31H24N2.2CH3.Fe/c1-3-13-24(14-4-1)27-18-7-9-20-29(27)31(33-23-26-17-11-12-22-32-26)30-21-10-8-19-28(30)25-15-5-2-6-16-25;;;/h1-23,31H;2*1H3;/q;2*-1;+2. The van der Waals surface area contributed by atoms with Gasteiger partial charge in [0.25, 0.3) is 0 Å². The predicted molar refractivity (Wildman–Crippen MR) is 150 cm³/mol. The summed E-state index contributed by atoms with van der Waals surface area (Å²) in [6.45, 7) is 0. The second-order valence-corrected chi connectivity index (χ2v) is 7.84. The minimum absolute atomic E-state index is 0. The van der Waals surface area contributed by atoms with Crippen molar-refractivity contribution in [2.45, 2.75) is 6.04 Å². The zero-order valence-corrected chi connectivity index (χ0v) is 21.7. The van der Waals surface area contributed by atoms with Crippen molar-refractivity contribution in [2.24, 2.45) is 4.99 Å². The number of nitrogens with zero attached hydrogens (tertiary/aromatic N) is 2. The Hall–Kier alpha value is -3.78. The molecule has 5 rings (SSSR count).